The molecule has 1 heterocycles. The summed E-state index contributed by atoms with van der Waals surface area (Å²) in [4.78, 5) is 12.5. The summed E-state index contributed by atoms with van der Waals surface area (Å²) >= 11 is 7.28. The van der Waals surface area contributed by atoms with Gasteiger partial charge in [0.15, 0.2) is 5.78 Å². The van der Waals surface area contributed by atoms with Crippen LogP contribution in [-0.2, 0) is 0 Å². The summed E-state index contributed by atoms with van der Waals surface area (Å²) in [7, 11) is 0. The van der Waals surface area contributed by atoms with Crippen molar-refractivity contribution in [3.63, 3.8) is 0 Å². The second-order valence-corrected chi connectivity index (χ2v) is 6.57. The van der Waals surface area contributed by atoms with E-state index in [0.29, 0.717) is 16.3 Å². The Morgan fingerprint density at radius 3 is 2.62 bits per heavy atom. The van der Waals surface area contributed by atoms with Crippen LogP contribution in [0.3, 0.4) is 0 Å². The molecule has 0 saturated carbocycles. The number of Topliss-reactive ketones (excluding diaryl/α,β-unsaturated/α-hetero) is 1. The maximum absolute atomic E-state index is 11.9. The van der Waals surface area contributed by atoms with Gasteiger partial charge in [-0.2, -0.15) is 0 Å². The topological polar surface area (TPSA) is 43.1 Å². The van der Waals surface area contributed by atoms with Crippen molar-refractivity contribution in [1.29, 1.82) is 0 Å². The molecule has 1 unspecified atom stereocenters. The minimum atomic E-state index is -0.0920. The lowest BCUT2D eigenvalue weighted by atomic mass is 9.87. The standard InChI is InChI=1S/C12H18ClNOS/c1-12(2,3)7-8(14)6-10(15)11-9(13)4-5-16-11/h4-5,8H,6-7,14H2,1-3H3. The lowest BCUT2D eigenvalue weighted by Crippen LogP contribution is -2.28. The van der Waals surface area contributed by atoms with Crippen molar-refractivity contribution in [3.8, 4) is 0 Å². The largest absolute Gasteiger partial charge is 0.327 e. The van der Waals surface area contributed by atoms with E-state index in [4.69, 9.17) is 17.3 Å². The molecular formula is C12H18ClNOS. The molecule has 0 saturated heterocycles. The number of ketones is 1. The SMILES string of the molecule is CC(C)(C)CC(N)CC(=O)c1sccc1Cl. The summed E-state index contributed by atoms with van der Waals surface area (Å²) in [6.07, 6.45) is 1.21. The Kier molecular flexibility index (Phi) is 4.53. The Labute approximate surface area is 106 Å². The summed E-state index contributed by atoms with van der Waals surface area (Å²) < 4.78 is 0. The van der Waals surface area contributed by atoms with Gasteiger partial charge in [-0.25, -0.2) is 0 Å². The summed E-state index contributed by atoms with van der Waals surface area (Å²) in [5, 5.41) is 2.36. The Bertz CT molecular complexity index is 367. The van der Waals surface area contributed by atoms with Gasteiger partial charge in [-0.15, -0.1) is 11.3 Å². The van der Waals surface area contributed by atoms with Crippen molar-refractivity contribution in [3.05, 3.63) is 21.3 Å². The molecule has 0 amide bonds. The third-order valence-corrected chi connectivity index (χ3v) is 3.58. The Morgan fingerprint density at radius 2 is 2.19 bits per heavy atom. The molecule has 0 aliphatic carbocycles. The van der Waals surface area contributed by atoms with Gasteiger partial charge in [-0.3, -0.25) is 4.79 Å². The number of carbonyl (C=O) groups excluding carboxylic acids is 1. The third-order valence-electron chi connectivity index (χ3n) is 2.19. The van der Waals surface area contributed by atoms with Crippen molar-refractivity contribution in [1.82, 2.24) is 0 Å². The molecule has 1 rings (SSSR count). The molecule has 4 heteroatoms. The summed E-state index contributed by atoms with van der Waals surface area (Å²) in [6.45, 7) is 6.36. The fraction of sp³-hybridized carbons (Fsp3) is 0.583. The predicted octanol–water partition coefficient (Wildman–Crippen LogP) is 3.74. The highest BCUT2D eigenvalue weighted by Gasteiger charge is 2.20. The summed E-state index contributed by atoms with van der Waals surface area (Å²) in [5.41, 5.74) is 6.11. The monoisotopic (exact) mass is 259 g/mol. The molecule has 1 atom stereocenters. The zero-order chi connectivity index (χ0) is 12.3. The van der Waals surface area contributed by atoms with Crippen LogP contribution in [0.2, 0.25) is 5.02 Å². The van der Waals surface area contributed by atoms with Gasteiger partial charge in [0, 0.05) is 12.5 Å². The van der Waals surface area contributed by atoms with Gasteiger partial charge < -0.3 is 5.73 Å². The first-order chi connectivity index (χ1) is 7.29. The van der Waals surface area contributed by atoms with Gasteiger partial charge in [0.25, 0.3) is 0 Å². The zero-order valence-corrected chi connectivity index (χ0v) is 11.5. The second-order valence-electron chi connectivity index (χ2n) is 5.25. The van der Waals surface area contributed by atoms with Crippen LogP contribution >= 0.6 is 22.9 Å². The van der Waals surface area contributed by atoms with Crippen molar-refractivity contribution >= 4 is 28.7 Å². The summed E-state index contributed by atoms with van der Waals surface area (Å²) in [5.74, 6) is 0.0525. The first-order valence-corrected chi connectivity index (χ1v) is 6.57. The van der Waals surface area contributed by atoms with Gasteiger partial charge in [0.1, 0.15) is 0 Å². The molecule has 2 nitrogen and oxygen atoms in total. The van der Waals surface area contributed by atoms with E-state index in [1.807, 2.05) is 5.38 Å². The first-order valence-electron chi connectivity index (χ1n) is 5.31. The Balaban J connectivity index is 2.56. The van der Waals surface area contributed by atoms with Gasteiger partial charge >= 0.3 is 0 Å². The highest BCUT2D eigenvalue weighted by Crippen LogP contribution is 2.26. The number of hydrogen-bond acceptors (Lipinski definition) is 3. The molecule has 2 N–H and O–H groups in total. The van der Waals surface area contributed by atoms with Gasteiger partial charge in [-0.05, 0) is 23.3 Å². The number of halogens is 1. The summed E-state index contributed by atoms with van der Waals surface area (Å²) in [6, 6.07) is 1.65. The minimum absolute atomic E-state index is 0.0525. The molecule has 1 aromatic rings. The average molecular weight is 260 g/mol. The lowest BCUT2D eigenvalue weighted by molar-refractivity contribution is 0.0972. The van der Waals surface area contributed by atoms with E-state index in [1.165, 1.54) is 11.3 Å². The molecule has 0 aromatic carbocycles. The highest BCUT2D eigenvalue weighted by molar-refractivity contribution is 7.12. The number of carbonyl (C=O) groups is 1. The molecule has 0 aliphatic heterocycles. The van der Waals surface area contributed by atoms with Crippen molar-refractivity contribution in [2.75, 3.05) is 0 Å². The average Bonchev–Trinajstić information content (AvgIpc) is 2.47. The van der Waals surface area contributed by atoms with Crippen LogP contribution in [0.25, 0.3) is 0 Å². The molecule has 0 fully saturated rings. The van der Waals surface area contributed by atoms with E-state index in [2.05, 4.69) is 20.8 Å². The van der Waals surface area contributed by atoms with Crippen molar-refractivity contribution in [2.24, 2.45) is 11.1 Å². The van der Waals surface area contributed by atoms with E-state index in [0.717, 1.165) is 6.42 Å². The van der Waals surface area contributed by atoms with E-state index < -0.39 is 0 Å². The predicted molar refractivity (Wildman–Crippen MR) is 70.3 cm³/mol. The van der Waals surface area contributed by atoms with Crippen LogP contribution in [0.1, 0.15) is 43.3 Å². The van der Waals surface area contributed by atoms with E-state index in [-0.39, 0.29) is 17.2 Å². The van der Waals surface area contributed by atoms with Crippen LogP contribution in [0, 0.1) is 5.41 Å². The van der Waals surface area contributed by atoms with E-state index in [1.54, 1.807) is 6.07 Å². The van der Waals surface area contributed by atoms with Crippen LogP contribution in [0.15, 0.2) is 11.4 Å². The molecular weight excluding hydrogens is 242 g/mol. The van der Waals surface area contributed by atoms with E-state index in [9.17, 15) is 4.79 Å². The Hall–Kier alpha value is -0.380. The molecule has 90 valence electrons. The maximum Gasteiger partial charge on any atom is 0.175 e. The van der Waals surface area contributed by atoms with Crippen LogP contribution < -0.4 is 5.73 Å². The van der Waals surface area contributed by atoms with E-state index >= 15 is 0 Å². The third kappa shape index (κ3) is 4.24. The van der Waals surface area contributed by atoms with Crippen LogP contribution in [0.4, 0.5) is 0 Å². The van der Waals surface area contributed by atoms with Gasteiger partial charge in [-0.1, -0.05) is 32.4 Å². The quantitative estimate of drug-likeness (QED) is 0.837. The molecule has 0 bridgehead atoms. The minimum Gasteiger partial charge on any atom is -0.327 e. The normalized spacial score (nSPS) is 13.8. The Morgan fingerprint density at radius 1 is 1.56 bits per heavy atom. The maximum atomic E-state index is 11.9. The zero-order valence-electron chi connectivity index (χ0n) is 9.92. The highest BCUT2D eigenvalue weighted by atomic mass is 35.5. The van der Waals surface area contributed by atoms with Gasteiger partial charge in [0.2, 0.25) is 0 Å². The van der Waals surface area contributed by atoms with Crippen LogP contribution in [-0.4, -0.2) is 11.8 Å². The van der Waals surface area contributed by atoms with Crippen LogP contribution in [0.5, 0.6) is 0 Å². The van der Waals surface area contributed by atoms with Gasteiger partial charge in [0.05, 0.1) is 9.90 Å². The van der Waals surface area contributed by atoms with Crippen molar-refractivity contribution < 1.29 is 4.79 Å². The molecule has 0 radical (unpaired) electrons. The second kappa shape index (κ2) is 5.30. The fourth-order valence-corrected chi connectivity index (χ4v) is 2.79. The first kappa shape index (κ1) is 13.7. The smallest absolute Gasteiger partial charge is 0.175 e. The van der Waals surface area contributed by atoms with Crippen molar-refractivity contribution in [2.45, 2.75) is 39.7 Å². The molecule has 1 aromatic heterocycles. The number of thiophene rings is 1. The number of nitrogens with two attached hydrogens (primary N) is 1. The number of hydrogen-bond donors (Lipinski definition) is 1. The fourth-order valence-electron chi connectivity index (χ4n) is 1.68. The molecule has 0 spiro atoms. The lowest BCUT2D eigenvalue weighted by Gasteiger charge is -2.22. The molecule has 16 heavy (non-hydrogen) atoms. The number of rotatable bonds is 4. The molecule has 0 aliphatic rings.